The summed E-state index contributed by atoms with van der Waals surface area (Å²) in [6.07, 6.45) is 5.37. The molecule has 4 nitrogen and oxygen atoms in total. The molecule has 6 heteroatoms. The summed E-state index contributed by atoms with van der Waals surface area (Å²) < 4.78 is 13.2. The van der Waals surface area contributed by atoms with E-state index in [2.05, 4.69) is 40.2 Å². The van der Waals surface area contributed by atoms with Gasteiger partial charge >= 0.3 is 0 Å². The van der Waals surface area contributed by atoms with E-state index < -0.39 is 0 Å². The van der Waals surface area contributed by atoms with Crippen molar-refractivity contribution in [1.29, 1.82) is 0 Å². The number of nitrogens with one attached hydrogen (secondary N) is 3. The van der Waals surface area contributed by atoms with E-state index in [0.29, 0.717) is 23.1 Å². The number of halogens is 2. The molecule has 0 aliphatic rings. The van der Waals surface area contributed by atoms with Crippen molar-refractivity contribution >= 4 is 30.2 Å². The van der Waals surface area contributed by atoms with Crippen LogP contribution in [-0.2, 0) is 13.0 Å². The summed E-state index contributed by atoms with van der Waals surface area (Å²) in [7, 11) is 0. The van der Waals surface area contributed by atoms with E-state index in [9.17, 15) is 4.39 Å². The molecule has 2 rings (SSSR count). The Balaban J connectivity index is 1.75. The second kappa shape index (κ2) is 10.9. The zero-order chi connectivity index (χ0) is 19.6. The van der Waals surface area contributed by atoms with Gasteiger partial charge in [-0.3, -0.25) is 0 Å². The van der Waals surface area contributed by atoms with Gasteiger partial charge in [-0.15, -0.1) is 0 Å². The van der Waals surface area contributed by atoms with Crippen LogP contribution in [0.2, 0.25) is 5.02 Å². The van der Waals surface area contributed by atoms with Gasteiger partial charge < -0.3 is 15.6 Å². The molecular weight excluding hydrogens is 363 g/mol. The Bertz CT molecular complexity index is 873. The summed E-state index contributed by atoms with van der Waals surface area (Å²) >= 11 is 6.14. The summed E-state index contributed by atoms with van der Waals surface area (Å²) in [5.74, 6) is 0.475. The molecule has 146 valence electrons. The maximum Gasteiger partial charge on any atom is 0.201 e. The average Bonchev–Trinajstić information content (AvgIpc) is 3.01. The van der Waals surface area contributed by atoms with Crippen molar-refractivity contribution in [3.63, 3.8) is 0 Å². The lowest BCUT2D eigenvalue weighted by Crippen LogP contribution is -2.21. The third-order valence-electron chi connectivity index (χ3n) is 4.15. The predicted octanol–water partition coefficient (Wildman–Crippen LogP) is 3.67. The number of hydrogen-bond acceptors (Lipinski definition) is 3. The van der Waals surface area contributed by atoms with E-state index in [-0.39, 0.29) is 5.83 Å². The highest BCUT2D eigenvalue weighted by Crippen LogP contribution is 2.15. The summed E-state index contributed by atoms with van der Waals surface area (Å²) in [5, 5.41) is 8.76. The molecule has 2 aromatic rings. The van der Waals surface area contributed by atoms with Crippen molar-refractivity contribution in [3.8, 4) is 0 Å². The monoisotopic (exact) mass is 390 g/mol. The largest absolute Gasteiger partial charge is 0.356 e. The minimum atomic E-state index is -0.177. The number of benzene rings is 1. The quantitative estimate of drug-likeness (QED) is 0.542. The van der Waals surface area contributed by atoms with Gasteiger partial charge in [-0.25, -0.2) is 9.37 Å². The van der Waals surface area contributed by atoms with Crippen molar-refractivity contribution in [2.24, 2.45) is 0 Å². The lowest BCUT2D eigenvalue weighted by atomic mass is 10.1. The molecule has 3 N–H and O–H groups in total. The Morgan fingerprint density at radius 3 is 2.78 bits per heavy atom. The fourth-order valence-electron chi connectivity index (χ4n) is 2.61. The van der Waals surface area contributed by atoms with Crippen molar-refractivity contribution in [3.05, 3.63) is 56.9 Å². The number of aromatic nitrogens is 2. The van der Waals surface area contributed by atoms with Crippen LogP contribution in [0.5, 0.6) is 0 Å². The molecule has 1 aromatic heterocycles. The van der Waals surface area contributed by atoms with Gasteiger partial charge in [0.15, 0.2) is 0 Å². The minimum Gasteiger partial charge on any atom is -0.356 e. The Hall–Kier alpha value is -2.11. The number of allylic oxidation sites excluding steroid dienone is 2. The zero-order valence-corrected chi connectivity index (χ0v) is 16.8. The van der Waals surface area contributed by atoms with Crippen molar-refractivity contribution in [1.82, 2.24) is 15.3 Å². The molecule has 0 saturated carbocycles. The molecule has 0 saturated heterocycles. The first-order chi connectivity index (χ1) is 13.0. The van der Waals surface area contributed by atoms with Crippen LogP contribution in [0.25, 0.3) is 12.7 Å². The molecule has 1 heterocycles. The maximum absolute atomic E-state index is 13.2. The highest BCUT2D eigenvalue weighted by molar-refractivity contribution is 6.30. The molecular formula is C21H28ClFN4. The number of rotatable bonds is 10. The summed E-state index contributed by atoms with van der Waals surface area (Å²) in [4.78, 5) is 7.45. The fraction of sp³-hybridized carbons (Fsp3) is 0.381. The van der Waals surface area contributed by atoms with Crippen LogP contribution in [0.3, 0.4) is 0 Å². The molecule has 0 aliphatic heterocycles. The third-order valence-corrected chi connectivity index (χ3v) is 4.37. The molecule has 0 fully saturated rings. The van der Waals surface area contributed by atoms with Gasteiger partial charge in [0.25, 0.3) is 0 Å². The second-order valence-electron chi connectivity index (χ2n) is 6.36. The minimum absolute atomic E-state index is 0.177. The lowest BCUT2D eigenvalue weighted by Gasteiger charge is -2.08. The van der Waals surface area contributed by atoms with E-state index in [4.69, 9.17) is 11.6 Å². The average molecular weight is 391 g/mol. The Morgan fingerprint density at radius 2 is 2.04 bits per heavy atom. The van der Waals surface area contributed by atoms with Crippen LogP contribution in [0.15, 0.2) is 30.1 Å². The van der Waals surface area contributed by atoms with Gasteiger partial charge in [-0.1, -0.05) is 38.1 Å². The summed E-state index contributed by atoms with van der Waals surface area (Å²) in [6.45, 7) is 10.2. The van der Waals surface area contributed by atoms with Crippen LogP contribution < -0.4 is 21.3 Å². The first-order valence-electron chi connectivity index (χ1n) is 9.36. The topological polar surface area (TPSA) is 52.7 Å². The third kappa shape index (κ3) is 7.19. The summed E-state index contributed by atoms with van der Waals surface area (Å²) in [5.41, 5.74) is 2.46. The van der Waals surface area contributed by atoms with Gasteiger partial charge in [0.2, 0.25) is 5.95 Å². The maximum atomic E-state index is 13.2. The number of hydrogen-bond donors (Lipinski definition) is 3. The van der Waals surface area contributed by atoms with Crippen LogP contribution in [0, 0.1) is 0 Å². The van der Waals surface area contributed by atoms with Crippen molar-refractivity contribution < 1.29 is 4.39 Å². The van der Waals surface area contributed by atoms with E-state index in [1.165, 1.54) is 17.2 Å². The SMILES string of the molecule is C=c1[nH]c(NCCCNCc2cc(Cl)cc(CC)c2)n/c1=C/C=C(/F)CC. The van der Waals surface area contributed by atoms with Crippen molar-refractivity contribution in [2.45, 2.75) is 39.7 Å². The van der Waals surface area contributed by atoms with Crippen LogP contribution in [0.1, 0.15) is 37.8 Å². The van der Waals surface area contributed by atoms with Gasteiger partial charge in [0.05, 0.1) is 16.5 Å². The highest BCUT2D eigenvalue weighted by Gasteiger charge is 2.00. The normalized spacial score (nSPS) is 12.6. The number of H-pyrrole nitrogens is 1. The van der Waals surface area contributed by atoms with Gasteiger partial charge in [0, 0.05) is 18.1 Å². The van der Waals surface area contributed by atoms with Gasteiger partial charge in [-0.05, 0) is 61.2 Å². The van der Waals surface area contributed by atoms with Crippen LogP contribution >= 0.6 is 11.6 Å². The highest BCUT2D eigenvalue weighted by atomic mass is 35.5. The Morgan fingerprint density at radius 1 is 1.26 bits per heavy atom. The molecule has 1 aromatic carbocycles. The summed E-state index contributed by atoms with van der Waals surface area (Å²) in [6, 6.07) is 6.19. The lowest BCUT2D eigenvalue weighted by molar-refractivity contribution is 0.605. The molecule has 0 atom stereocenters. The second-order valence-corrected chi connectivity index (χ2v) is 6.80. The molecule has 27 heavy (non-hydrogen) atoms. The molecule has 0 unspecified atom stereocenters. The number of aryl methyl sites for hydroxylation is 1. The van der Waals surface area contributed by atoms with E-state index in [0.717, 1.165) is 37.5 Å². The molecule has 0 aliphatic carbocycles. The predicted molar refractivity (Wildman–Crippen MR) is 113 cm³/mol. The zero-order valence-electron chi connectivity index (χ0n) is 16.0. The fourth-order valence-corrected chi connectivity index (χ4v) is 2.89. The van der Waals surface area contributed by atoms with E-state index >= 15 is 0 Å². The van der Waals surface area contributed by atoms with Gasteiger partial charge in [-0.2, -0.15) is 0 Å². The van der Waals surface area contributed by atoms with E-state index in [1.54, 1.807) is 13.0 Å². The number of imidazole rings is 1. The first kappa shape index (κ1) is 21.2. The number of aromatic amines is 1. The van der Waals surface area contributed by atoms with Gasteiger partial charge in [0.1, 0.15) is 0 Å². The van der Waals surface area contributed by atoms with Crippen LogP contribution in [0.4, 0.5) is 10.3 Å². The standard InChI is InChI=1S/C21H28ClFN4/c1-4-16-11-17(13-18(22)12-16)14-24-9-6-10-25-21-26-15(3)20(27-21)8-7-19(23)5-2/h7-8,11-13,24H,3-6,9-10,14H2,1-2H3,(H2,25,26,27)/b19-7+,20-8+. The molecule has 0 amide bonds. The Labute approximate surface area is 165 Å². The van der Waals surface area contributed by atoms with Crippen LogP contribution in [-0.4, -0.2) is 23.1 Å². The molecule has 0 radical (unpaired) electrons. The number of nitrogens with zero attached hydrogens (tertiary/aromatic N) is 1. The smallest absolute Gasteiger partial charge is 0.201 e. The molecule has 0 spiro atoms. The molecule has 0 bridgehead atoms. The first-order valence-corrected chi connectivity index (χ1v) is 9.73. The van der Waals surface area contributed by atoms with E-state index in [1.807, 2.05) is 12.1 Å². The van der Waals surface area contributed by atoms with Crippen molar-refractivity contribution in [2.75, 3.05) is 18.4 Å². The Kier molecular flexibility index (Phi) is 8.55. The number of anilines is 1.